The van der Waals surface area contributed by atoms with Crippen LogP contribution in [0.2, 0.25) is 6.32 Å². The molecule has 0 saturated heterocycles. The van der Waals surface area contributed by atoms with Crippen LogP contribution in [-0.4, -0.2) is 7.85 Å². The lowest BCUT2D eigenvalue weighted by Gasteiger charge is -2.06. The van der Waals surface area contributed by atoms with Crippen molar-refractivity contribution < 1.29 is 0 Å². The summed E-state index contributed by atoms with van der Waals surface area (Å²) in [7, 11) is 5.51. The van der Waals surface area contributed by atoms with Crippen molar-refractivity contribution in [1.82, 2.24) is 0 Å². The van der Waals surface area contributed by atoms with E-state index in [1.165, 1.54) is 5.57 Å². The third-order valence-electron chi connectivity index (χ3n) is 1.34. The van der Waals surface area contributed by atoms with Gasteiger partial charge in [-0.25, -0.2) is 0 Å². The zero-order valence-electron chi connectivity index (χ0n) is 6.93. The molecule has 1 unspecified atom stereocenters. The Kier molecular flexibility index (Phi) is 5.10. The van der Waals surface area contributed by atoms with Crippen LogP contribution in [0, 0.1) is 5.92 Å². The van der Waals surface area contributed by atoms with Crippen LogP contribution < -0.4 is 0 Å². The summed E-state index contributed by atoms with van der Waals surface area (Å²) in [5, 5.41) is 0. The van der Waals surface area contributed by atoms with Gasteiger partial charge in [-0.05, 0) is 26.2 Å². The van der Waals surface area contributed by atoms with Gasteiger partial charge in [-0.2, -0.15) is 0 Å². The molecular weight excluding hydrogens is 119 g/mol. The zero-order chi connectivity index (χ0) is 7.98. The molecule has 54 valence electrons. The maximum absolute atomic E-state index is 5.51. The van der Waals surface area contributed by atoms with Gasteiger partial charge in [0.25, 0.3) is 0 Å². The minimum absolute atomic E-state index is 0.488. The van der Waals surface area contributed by atoms with Crippen molar-refractivity contribution in [2.45, 2.75) is 26.6 Å². The first-order chi connectivity index (χ1) is 4.70. The molecule has 0 aromatic rings. The molecule has 0 aromatic carbocycles. The van der Waals surface area contributed by atoms with Gasteiger partial charge in [0, 0.05) is 0 Å². The van der Waals surface area contributed by atoms with Gasteiger partial charge < -0.3 is 0 Å². The Morgan fingerprint density at radius 1 is 1.60 bits per heavy atom. The lowest BCUT2D eigenvalue weighted by molar-refractivity contribution is 0.737. The van der Waals surface area contributed by atoms with E-state index in [0.717, 1.165) is 12.7 Å². The van der Waals surface area contributed by atoms with Crippen LogP contribution in [0.5, 0.6) is 0 Å². The second-order valence-electron chi connectivity index (χ2n) is 2.76. The molecule has 0 rings (SSSR count). The van der Waals surface area contributed by atoms with Crippen LogP contribution in [0.15, 0.2) is 24.3 Å². The van der Waals surface area contributed by atoms with Crippen LogP contribution in [0.3, 0.4) is 0 Å². The average Bonchev–Trinajstić information content (AvgIpc) is 1.86. The molecule has 0 nitrogen and oxygen atoms in total. The van der Waals surface area contributed by atoms with Crippen molar-refractivity contribution in [3.05, 3.63) is 24.3 Å². The quantitative estimate of drug-likeness (QED) is 0.409. The van der Waals surface area contributed by atoms with Crippen LogP contribution >= 0.6 is 0 Å². The fraction of sp³-hybridized carbons (Fsp3) is 0.556. The molecule has 0 spiro atoms. The Labute approximate surface area is 65.4 Å². The SMILES string of the molecule is [B]CC(C=C(C)C)CC=C. The highest BCUT2D eigenvalue weighted by Gasteiger charge is 1.97. The van der Waals surface area contributed by atoms with E-state index in [4.69, 9.17) is 7.85 Å². The van der Waals surface area contributed by atoms with Gasteiger partial charge in [-0.1, -0.05) is 24.0 Å². The fourth-order valence-corrected chi connectivity index (χ4v) is 0.918. The van der Waals surface area contributed by atoms with Gasteiger partial charge in [0.05, 0.1) is 7.85 Å². The summed E-state index contributed by atoms with van der Waals surface area (Å²) in [6.45, 7) is 7.85. The molecule has 0 heterocycles. The van der Waals surface area contributed by atoms with E-state index in [9.17, 15) is 0 Å². The fourth-order valence-electron chi connectivity index (χ4n) is 0.918. The molecule has 0 amide bonds. The molecule has 0 N–H and O–H groups in total. The average molecular weight is 134 g/mol. The summed E-state index contributed by atoms with van der Waals surface area (Å²) >= 11 is 0. The first-order valence-electron chi connectivity index (χ1n) is 3.66. The van der Waals surface area contributed by atoms with Crippen molar-refractivity contribution >= 4 is 7.85 Å². The Balaban J connectivity index is 3.82. The highest BCUT2D eigenvalue weighted by molar-refractivity contribution is 6.08. The Morgan fingerprint density at radius 3 is 2.50 bits per heavy atom. The van der Waals surface area contributed by atoms with Gasteiger partial charge in [-0.3, -0.25) is 0 Å². The van der Waals surface area contributed by atoms with E-state index in [0.29, 0.717) is 5.92 Å². The van der Waals surface area contributed by atoms with Gasteiger partial charge in [0.1, 0.15) is 0 Å². The first kappa shape index (κ1) is 9.54. The zero-order valence-corrected chi connectivity index (χ0v) is 6.93. The van der Waals surface area contributed by atoms with Crippen LogP contribution in [-0.2, 0) is 0 Å². The minimum atomic E-state index is 0.488. The molecular formula is C9H15B. The van der Waals surface area contributed by atoms with Crippen molar-refractivity contribution in [2.75, 3.05) is 0 Å². The highest BCUT2D eigenvalue weighted by Crippen LogP contribution is 2.11. The molecule has 1 atom stereocenters. The topological polar surface area (TPSA) is 0 Å². The number of hydrogen-bond acceptors (Lipinski definition) is 0. The van der Waals surface area contributed by atoms with Gasteiger partial charge in [0.15, 0.2) is 0 Å². The molecule has 0 aliphatic rings. The minimum Gasteiger partial charge on any atom is -0.103 e. The van der Waals surface area contributed by atoms with Crippen LogP contribution in [0.4, 0.5) is 0 Å². The Morgan fingerprint density at radius 2 is 2.20 bits per heavy atom. The molecule has 1 heteroatoms. The van der Waals surface area contributed by atoms with Gasteiger partial charge in [-0.15, -0.1) is 6.58 Å². The summed E-state index contributed by atoms with van der Waals surface area (Å²) in [5.41, 5.74) is 1.33. The Hall–Kier alpha value is -0.455. The summed E-state index contributed by atoms with van der Waals surface area (Å²) in [6.07, 6.45) is 5.82. The molecule has 0 bridgehead atoms. The second kappa shape index (κ2) is 5.34. The summed E-state index contributed by atoms with van der Waals surface area (Å²) < 4.78 is 0. The van der Waals surface area contributed by atoms with Gasteiger partial charge in [0.2, 0.25) is 0 Å². The van der Waals surface area contributed by atoms with Crippen LogP contribution in [0.1, 0.15) is 20.3 Å². The third kappa shape index (κ3) is 4.43. The van der Waals surface area contributed by atoms with Crippen LogP contribution in [0.25, 0.3) is 0 Å². The van der Waals surface area contributed by atoms with E-state index in [-0.39, 0.29) is 0 Å². The second-order valence-corrected chi connectivity index (χ2v) is 2.76. The van der Waals surface area contributed by atoms with E-state index >= 15 is 0 Å². The predicted molar refractivity (Wildman–Crippen MR) is 48.3 cm³/mol. The van der Waals surface area contributed by atoms with E-state index in [2.05, 4.69) is 26.5 Å². The predicted octanol–water partition coefficient (Wildman–Crippen LogP) is 2.73. The normalized spacial score (nSPS) is 12.2. The standard InChI is InChI=1S/C9H15B/c1-4-5-9(7-10)6-8(2)3/h4,6,9H,1,5,7H2,2-3H3. The van der Waals surface area contributed by atoms with Gasteiger partial charge >= 0.3 is 0 Å². The first-order valence-corrected chi connectivity index (χ1v) is 3.66. The lowest BCUT2D eigenvalue weighted by atomic mass is 9.88. The largest absolute Gasteiger partial charge is 0.103 e. The number of hydrogen-bond donors (Lipinski definition) is 0. The van der Waals surface area contributed by atoms with Crippen molar-refractivity contribution in [3.8, 4) is 0 Å². The maximum atomic E-state index is 5.51. The summed E-state index contributed by atoms with van der Waals surface area (Å²) in [5.74, 6) is 0.488. The van der Waals surface area contributed by atoms with Crippen molar-refractivity contribution in [1.29, 1.82) is 0 Å². The Bertz CT molecular complexity index is 121. The highest BCUT2D eigenvalue weighted by atomic mass is 14.0. The van der Waals surface area contributed by atoms with Crippen molar-refractivity contribution in [2.24, 2.45) is 5.92 Å². The van der Waals surface area contributed by atoms with E-state index in [1.54, 1.807) is 0 Å². The maximum Gasteiger partial charge on any atom is 0.0661 e. The van der Waals surface area contributed by atoms with Crippen molar-refractivity contribution in [3.63, 3.8) is 0 Å². The summed E-state index contributed by atoms with van der Waals surface area (Å²) in [4.78, 5) is 0. The third-order valence-corrected chi connectivity index (χ3v) is 1.34. The smallest absolute Gasteiger partial charge is 0.0661 e. The molecule has 2 radical (unpaired) electrons. The molecule has 10 heavy (non-hydrogen) atoms. The number of rotatable bonds is 4. The van der Waals surface area contributed by atoms with E-state index < -0.39 is 0 Å². The molecule has 0 fully saturated rings. The molecule has 0 saturated carbocycles. The summed E-state index contributed by atoms with van der Waals surface area (Å²) in [6, 6.07) is 0. The lowest BCUT2D eigenvalue weighted by Crippen LogP contribution is -1.93. The number of allylic oxidation sites excluding steroid dienone is 3. The molecule has 0 aliphatic heterocycles. The molecule has 0 aliphatic carbocycles. The van der Waals surface area contributed by atoms with E-state index in [1.807, 2.05) is 6.08 Å². The monoisotopic (exact) mass is 134 g/mol. The molecule has 0 aromatic heterocycles.